The summed E-state index contributed by atoms with van der Waals surface area (Å²) in [6, 6.07) is 4.01. The topological polar surface area (TPSA) is 65.4 Å². The smallest absolute Gasteiger partial charge is 0.191 e. The predicted molar refractivity (Wildman–Crippen MR) is 117 cm³/mol. The molecule has 8 heteroatoms. The van der Waals surface area contributed by atoms with Gasteiger partial charge in [-0.15, -0.1) is 35.3 Å². The molecule has 0 saturated carbocycles. The molecule has 0 atom stereocenters. The summed E-state index contributed by atoms with van der Waals surface area (Å²) in [4.78, 5) is 15.6. The van der Waals surface area contributed by atoms with Crippen LogP contribution in [0.25, 0.3) is 0 Å². The van der Waals surface area contributed by atoms with Crippen LogP contribution in [-0.4, -0.2) is 43.1 Å². The van der Waals surface area contributed by atoms with Crippen LogP contribution in [0.2, 0.25) is 0 Å². The summed E-state index contributed by atoms with van der Waals surface area (Å²) in [7, 11) is 3.99. The Labute approximate surface area is 171 Å². The van der Waals surface area contributed by atoms with Gasteiger partial charge in [-0.2, -0.15) is 0 Å². The van der Waals surface area contributed by atoms with Gasteiger partial charge < -0.3 is 15.5 Å². The Bertz CT molecular complexity index is 671. The molecule has 25 heavy (non-hydrogen) atoms. The molecule has 2 heterocycles. The zero-order chi connectivity index (χ0) is 17.4. The van der Waals surface area contributed by atoms with Gasteiger partial charge in [-0.3, -0.25) is 0 Å². The molecular weight excluding hydrogens is 447 g/mol. The fourth-order valence-corrected chi connectivity index (χ4v) is 2.94. The number of anilines is 1. The van der Waals surface area contributed by atoms with Gasteiger partial charge in [-0.25, -0.2) is 15.0 Å². The number of rotatable bonds is 7. The Kier molecular flexibility index (Phi) is 9.73. The van der Waals surface area contributed by atoms with Crippen molar-refractivity contribution in [2.24, 2.45) is 4.99 Å². The molecule has 0 aromatic carbocycles. The number of nitrogens with one attached hydrogen (secondary N) is 2. The van der Waals surface area contributed by atoms with Gasteiger partial charge in [0.1, 0.15) is 5.82 Å². The molecule has 6 nitrogen and oxygen atoms in total. The monoisotopic (exact) mass is 474 g/mol. The van der Waals surface area contributed by atoms with Crippen LogP contribution in [0, 0.1) is 6.92 Å². The van der Waals surface area contributed by atoms with Gasteiger partial charge in [-0.1, -0.05) is 6.07 Å². The van der Waals surface area contributed by atoms with E-state index in [4.69, 9.17) is 0 Å². The number of aliphatic imine (C=N–C) groups is 1. The summed E-state index contributed by atoms with van der Waals surface area (Å²) < 4.78 is 0. The average molecular weight is 474 g/mol. The van der Waals surface area contributed by atoms with Crippen LogP contribution in [-0.2, 0) is 13.0 Å². The van der Waals surface area contributed by atoms with Gasteiger partial charge in [0.25, 0.3) is 0 Å². The molecule has 0 bridgehead atoms. The first-order chi connectivity index (χ1) is 11.6. The highest BCUT2D eigenvalue weighted by atomic mass is 127. The standard InChI is InChI=1S/C17H26N6S.HI/c1-5-18-17(20-10-8-15-12-24-13(2)22-15)21-11-14-7-6-9-19-16(14)23(3)4;/h6-7,9,12H,5,8,10-11H2,1-4H3,(H2,18,20,21);1H. The Morgan fingerprint density at radius 3 is 2.76 bits per heavy atom. The SMILES string of the molecule is CCNC(=NCc1cccnc1N(C)C)NCCc1csc(C)n1.I. The van der Waals surface area contributed by atoms with E-state index in [0.29, 0.717) is 6.54 Å². The zero-order valence-electron chi connectivity index (χ0n) is 15.2. The molecule has 0 saturated heterocycles. The second kappa shape index (κ2) is 11.2. The number of hydrogen-bond donors (Lipinski definition) is 2. The minimum atomic E-state index is 0. The van der Waals surface area contributed by atoms with Crippen LogP contribution < -0.4 is 15.5 Å². The highest BCUT2D eigenvalue weighted by Crippen LogP contribution is 2.15. The maximum atomic E-state index is 4.67. The van der Waals surface area contributed by atoms with E-state index in [-0.39, 0.29) is 24.0 Å². The Morgan fingerprint density at radius 2 is 2.12 bits per heavy atom. The average Bonchev–Trinajstić information content (AvgIpc) is 2.98. The van der Waals surface area contributed by atoms with Gasteiger partial charge in [-0.05, 0) is 19.9 Å². The summed E-state index contributed by atoms with van der Waals surface area (Å²) in [6.45, 7) is 6.32. The maximum Gasteiger partial charge on any atom is 0.191 e. The Morgan fingerprint density at radius 1 is 1.32 bits per heavy atom. The number of aromatic nitrogens is 2. The predicted octanol–water partition coefficient (Wildman–Crippen LogP) is 2.83. The quantitative estimate of drug-likeness (QED) is 0.367. The molecule has 0 fully saturated rings. The third-order valence-corrected chi connectivity index (χ3v) is 4.21. The molecule has 0 aliphatic rings. The Balaban J connectivity index is 0.00000312. The lowest BCUT2D eigenvalue weighted by Gasteiger charge is -2.15. The summed E-state index contributed by atoms with van der Waals surface area (Å²) >= 11 is 1.69. The van der Waals surface area contributed by atoms with Crippen LogP contribution in [0.3, 0.4) is 0 Å². The van der Waals surface area contributed by atoms with Crippen molar-refractivity contribution in [3.8, 4) is 0 Å². The van der Waals surface area contributed by atoms with Crippen molar-refractivity contribution in [3.63, 3.8) is 0 Å². The van der Waals surface area contributed by atoms with Crippen molar-refractivity contribution < 1.29 is 0 Å². The molecule has 0 spiro atoms. The van der Waals surface area contributed by atoms with Crippen LogP contribution in [0.4, 0.5) is 5.82 Å². The fraction of sp³-hybridized carbons (Fsp3) is 0.471. The van der Waals surface area contributed by atoms with Gasteiger partial charge in [0.2, 0.25) is 0 Å². The molecule has 0 amide bonds. The molecule has 2 aromatic rings. The zero-order valence-corrected chi connectivity index (χ0v) is 18.4. The first-order valence-corrected chi connectivity index (χ1v) is 9.02. The normalized spacial score (nSPS) is 11.0. The van der Waals surface area contributed by atoms with Gasteiger partial charge in [0.15, 0.2) is 5.96 Å². The van der Waals surface area contributed by atoms with Gasteiger partial charge in [0.05, 0.1) is 17.2 Å². The molecule has 0 aliphatic heterocycles. The lowest BCUT2D eigenvalue weighted by molar-refractivity contribution is 0.789. The van der Waals surface area contributed by atoms with Crippen LogP contribution in [0.15, 0.2) is 28.7 Å². The molecule has 2 aromatic heterocycles. The number of nitrogens with zero attached hydrogens (tertiary/aromatic N) is 4. The highest BCUT2D eigenvalue weighted by molar-refractivity contribution is 14.0. The Hall–Kier alpha value is -1.42. The molecule has 2 rings (SSSR count). The summed E-state index contributed by atoms with van der Waals surface area (Å²) in [5.74, 6) is 1.77. The number of thiazole rings is 1. The lowest BCUT2D eigenvalue weighted by Crippen LogP contribution is -2.38. The number of guanidine groups is 1. The number of aryl methyl sites for hydroxylation is 1. The van der Waals surface area contributed by atoms with Crippen LogP contribution in [0.5, 0.6) is 0 Å². The molecule has 2 N–H and O–H groups in total. The van der Waals surface area contributed by atoms with Crippen LogP contribution >= 0.6 is 35.3 Å². The summed E-state index contributed by atoms with van der Waals surface area (Å²) in [5, 5.41) is 9.87. The van der Waals surface area contributed by atoms with Crippen molar-refractivity contribution in [1.82, 2.24) is 20.6 Å². The van der Waals surface area contributed by atoms with E-state index in [1.165, 1.54) is 0 Å². The second-order valence-corrected chi connectivity index (χ2v) is 6.67. The summed E-state index contributed by atoms with van der Waals surface area (Å²) in [5.41, 5.74) is 2.23. The van der Waals surface area contributed by atoms with Crippen molar-refractivity contribution in [1.29, 1.82) is 0 Å². The largest absolute Gasteiger partial charge is 0.362 e. The van der Waals surface area contributed by atoms with Gasteiger partial charge >= 0.3 is 0 Å². The van der Waals surface area contributed by atoms with E-state index in [1.807, 2.05) is 38.2 Å². The number of hydrogen-bond acceptors (Lipinski definition) is 5. The number of pyridine rings is 1. The van der Waals surface area contributed by atoms with E-state index in [0.717, 1.165) is 47.6 Å². The first-order valence-electron chi connectivity index (χ1n) is 8.14. The van der Waals surface area contributed by atoms with E-state index in [2.05, 4.69) is 44.0 Å². The second-order valence-electron chi connectivity index (χ2n) is 5.61. The lowest BCUT2D eigenvalue weighted by atomic mass is 10.2. The highest BCUT2D eigenvalue weighted by Gasteiger charge is 2.05. The fourth-order valence-electron chi connectivity index (χ4n) is 2.29. The van der Waals surface area contributed by atoms with Crippen LogP contribution in [0.1, 0.15) is 23.2 Å². The minimum Gasteiger partial charge on any atom is -0.362 e. The first kappa shape index (κ1) is 21.6. The van der Waals surface area contributed by atoms with Crippen molar-refractivity contribution in [2.75, 3.05) is 32.1 Å². The van der Waals surface area contributed by atoms with Crippen molar-refractivity contribution >= 4 is 47.1 Å². The van der Waals surface area contributed by atoms with Crippen molar-refractivity contribution in [2.45, 2.75) is 26.8 Å². The summed E-state index contributed by atoms with van der Waals surface area (Å²) in [6.07, 6.45) is 2.70. The molecular formula is C17H27IN6S. The third kappa shape index (κ3) is 7.15. The molecule has 0 aliphatic carbocycles. The number of halogens is 1. The van der Waals surface area contributed by atoms with E-state index in [1.54, 1.807) is 11.3 Å². The van der Waals surface area contributed by atoms with E-state index >= 15 is 0 Å². The molecule has 138 valence electrons. The minimum absolute atomic E-state index is 0. The van der Waals surface area contributed by atoms with E-state index in [9.17, 15) is 0 Å². The van der Waals surface area contributed by atoms with Gasteiger partial charge in [0, 0.05) is 50.7 Å². The van der Waals surface area contributed by atoms with E-state index < -0.39 is 0 Å². The third-order valence-electron chi connectivity index (χ3n) is 3.38. The van der Waals surface area contributed by atoms with Crippen molar-refractivity contribution in [3.05, 3.63) is 40.0 Å². The maximum absolute atomic E-state index is 4.67. The molecule has 0 radical (unpaired) electrons. The molecule has 0 unspecified atom stereocenters.